The number of nitrogens with one attached hydrogen (secondary N) is 2. The van der Waals surface area contributed by atoms with Crippen LogP contribution in [0.25, 0.3) is 11.3 Å². The number of nitrogens with zero attached hydrogens (tertiary/aromatic N) is 1. The summed E-state index contributed by atoms with van der Waals surface area (Å²) in [5, 5.41) is 20.1. The quantitative estimate of drug-likeness (QED) is 0.684. The van der Waals surface area contributed by atoms with Crippen LogP contribution in [0.3, 0.4) is 0 Å². The minimum Gasteiger partial charge on any atom is -0.490 e. The van der Waals surface area contributed by atoms with Gasteiger partial charge in [0.25, 0.3) is 0 Å². The number of aliphatic hydroxyl groups excluding tert-OH is 1. The number of para-hydroxylation sites is 1. The Morgan fingerprint density at radius 1 is 1.27 bits per heavy atom. The molecule has 2 aromatic rings. The summed E-state index contributed by atoms with van der Waals surface area (Å²) in [6, 6.07) is 11.6. The summed E-state index contributed by atoms with van der Waals surface area (Å²) in [6.07, 6.45) is -0.565. The maximum absolute atomic E-state index is 9.93. The zero-order valence-corrected chi connectivity index (χ0v) is 13.6. The van der Waals surface area contributed by atoms with E-state index in [1.807, 2.05) is 44.2 Å². The van der Waals surface area contributed by atoms with Gasteiger partial charge in [0.2, 0.25) is 0 Å². The second kappa shape index (κ2) is 8.03. The summed E-state index contributed by atoms with van der Waals surface area (Å²) in [7, 11) is 0. The van der Waals surface area contributed by atoms with E-state index in [1.54, 1.807) is 6.07 Å². The summed E-state index contributed by atoms with van der Waals surface area (Å²) in [4.78, 5) is 0. The summed E-state index contributed by atoms with van der Waals surface area (Å²) in [6.45, 7) is 4.79. The van der Waals surface area contributed by atoms with Crippen molar-refractivity contribution >= 4 is 12.2 Å². The fraction of sp³-hybridized carbons (Fsp3) is 0.375. The van der Waals surface area contributed by atoms with Crippen molar-refractivity contribution in [1.82, 2.24) is 15.5 Å². The van der Waals surface area contributed by atoms with Gasteiger partial charge in [-0.25, -0.2) is 0 Å². The van der Waals surface area contributed by atoms with Gasteiger partial charge in [0, 0.05) is 18.2 Å². The zero-order chi connectivity index (χ0) is 15.9. The Bertz CT molecular complexity index is 637. The van der Waals surface area contributed by atoms with Crippen LogP contribution in [0.5, 0.6) is 5.75 Å². The van der Waals surface area contributed by atoms with E-state index in [9.17, 15) is 5.11 Å². The third-order valence-corrected chi connectivity index (χ3v) is 3.26. The van der Waals surface area contributed by atoms with Gasteiger partial charge in [-0.05, 0) is 24.3 Å². The molecule has 22 heavy (non-hydrogen) atoms. The molecule has 118 valence electrons. The van der Waals surface area contributed by atoms with Crippen LogP contribution in [0, 0.1) is 4.64 Å². The lowest BCUT2D eigenvalue weighted by molar-refractivity contribution is 0.105. The molecule has 0 aliphatic carbocycles. The third kappa shape index (κ3) is 4.91. The SMILES string of the molecule is CC(C)NCC(O)COc1ccccc1-c1ccc(=S)[nH]n1. The summed E-state index contributed by atoms with van der Waals surface area (Å²) < 4.78 is 6.33. The molecule has 1 aromatic heterocycles. The fourth-order valence-corrected chi connectivity index (χ4v) is 2.03. The highest BCUT2D eigenvalue weighted by molar-refractivity contribution is 7.71. The van der Waals surface area contributed by atoms with Crippen LogP contribution in [0.15, 0.2) is 36.4 Å². The molecule has 0 radical (unpaired) electrons. The number of aromatic nitrogens is 2. The first kappa shape index (κ1) is 16.6. The minimum atomic E-state index is -0.565. The van der Waals surface area contributed by atoms with Crippen molar-refractivity contribution in [2.24, 2.45) is 0 Å². The number of aromatic amines is 1. The lowest BCUT2D eigenvalue weighted by Crippen LogP contribution is -2.35. The molecule has 1 heterocycles. The van der Waals surface area contributed by atoms with Gasteiger partial charge in [0.1, 0.15) is 23.1 Å². The molecule has 1 atom stereocenters. The van der Waals surface area contributed by atoms with Gasteiger partial charge >= 0.3 is 0 Å². The molecule has 0 saturated heterocycles. The van der Waals surface area contributed by atoms with E-state index in [1.165, 1.54) is 0 Å². The molecular formula is C16H21N3O2S. The molecule has 0 aliphatic heterocycles. The van der Waals surface area contributed by atoms with Crippen LogP contribution in [0.1, 0.15) is 13.8 Å². The number of aliphatic hydroxyl groups is 1. The monoisotopic (exact) mass is 319 g/mol. The number of H-pyrrole nitrogens is 1. The minimum absolute atomic E-state index is 0.222. The lowest BCUT2D eigenvalue weighted by Gasteiger charge is -2.16. The molecule has 0 bridgehead atoms. The Balaban J connectivity index is 2.05. The molecule has 0 aliphatic rings. The van der Waals surface area contributed by atoms with Gasteiger partial charge in [0.05, 0.1) is 5.69 Å². The predicted octanol–water partition coefficient (Wildman–Crippen LogP) is 2.54. The smallest absolute Gasteiger partial charge is 0.128 e. The van der Waals surface area contributed by atoms with E-state index in [4.69, 9.17) is 17.0 Å². The molecule has 0 fully saturated rings. The third-order valence-electron chi connectivity index (χ3n) is 3.04. The lowest BCUT2D eigenvalue weighted by atomic mass is 10.1. The second-order valence-corrected chi connectivity index (χ2v) is 5.77. The van der Waals surface area contributed by atoms with Gasteiger partial charge in [-0.2, -0.15) is 5.10 Å². The van der Waals surface area contributed by atoms with Gasteiger partial charge in [-0.3, -0.25) is 5.10 Å². The first-order chi connectivity index (χ1) is 10.6. The average Bonchev–Trinajstić information content (AvgIpc) is 2.52. The highest BCUT2D eigenvalue weighted by atomic mass is 32.1. The number of rotatable bonds is 7. The fourth-order valence-electron chi connectivity index (χ4n) is 1.92. The molecule has 1 aromatic carbocycles. The first-order valence-electron chi connectivity index (χ1n) is 7.25. The van der Waals surface area contributed by atoms with Crippen molar-refractivity contribution in [3.63, 3.8) is 0 Å². The maximum Gasteiger partial charge on any atom is 0.128 e. The summed E-state index contributed by atoms with van der Waals surface area (Å²) in [5.41, 5.74) is 1.61. The summed E-state index contributed by atoms with van der Waals surface area (Å²) >= 11 is 5.00. The topological polar surface area (TPSA) is 70.2 Å². The number of ether oxygens (including phenoxy) is 1. The van der Waals surface area contributed by atoms with Gasteiger partial charge in [-0.15, -0.1) is 0 Å². The van der Waals surface area contributed by atoms with E-state index in [-0.39, 0.29) is 6.61 Å². The molecule has 6 heteroatoms. The van der Waals surface area contributed by atoms with Crippen molar-refractivity contribution in [2.75, 3.05) is 13.2 Å². The highest BCUT2D eigenvalue weighted by Gasteiger charge is 2.10. The van der Waals surface area contributed by atoms with E-state index < -0.39 is 6.10 Å². The number of benzene rings is 1. The van der Waals surface area contributed by atoms with Crippen molar-refractivity contribution in [1.29, 1.82) is 0 Å². The number of hydrogen-bond donors (Lipinski definition) is 3. The van der Waals surface area contributed by atoms with Crippen LogP contribution < -0.4 is 10.1 Å². The van der Waals surface area contributed by atoms with E-state index in [2.05, 4.69) is 15.5 Å². The van der Waals surface area contributed by atoms with Gasteiger partial charge in [0.15, 0.2) is 0 Å². The Labute approximate surface area is 135 Å². The standard InChI is InChI=1S/C16H21N3O2S/c1-11(2)17-9-12(20)10-21-15-6-4-3-5-13(15)14-7-8-16(22)19-18-14/h3-8,11-12,17,20H,9-10H2,1-2H3,(H,19,22). The van der Waals surface area contributed by atoms with Crippen LogP contribution >= 0.6 is 12.2 Å². The Kier molecular flexibility index (Phi) is 6.06. The van der Waals surface area contributed by atoms with Crippen molar-refractivity contribution in [2.45, 2.75) is 26.0 Å². The Morgan fingerprint density at radius 2 is 2.05 bits per heavy atom. The van der Waals surface area contributed by atoms with Crippen molar-refractivity contribution in [3.8, 4) is 17.0 Å². The van der Waals surface area contributed by atoms with E-state index in [0.29, 0.717) is 23.0 Å². The molecule has 0 saturated carbocycles. The maximum atomic E-state index is 9.93. The summed E-state index contributed by atoms with van der Waals surface area (Å²) in [5.74, 6) is 0.684. The predicted molar refractivity (Wildman–Crippen MR) is 89.5 cm³/mol. The molecule has 2 rings (SSSR count). The number of hydrogen-bond acceptors (Lipinski definition) is 5. The molecular weight excluding hydrogens is 298 g/mol. The van der Waals surface area contributed by atoms with Crippen molar-refractivity contribution < 1.29 is 9.84 Å². The molecule has 0 amide bonds. The molecule has 0 spiro atoms. The normalized spacial score (nSPS) is 12.4. The van der Waals surface area contributed by atoms with Gasteiger partial charge in [-0.1, -0.05) is 38.2 Å². The Morgan fingerprint density at radius 3 is 2.73 bits per heavy atom. The Hall–Kier alpha value is -1.76. The van der Waals surface area contributed by atoms with Crippen molar-refractivity contribution in [3.05, 3.63) is 41.0 Å². The largest absolute Gasteiger partial charge is 0.490 e. The van der Waals surface area contributed by atoms with Crippen LogP contribution in [-0.2, 0) is 0 Å². The van der Waals surface area contributed by atoms with Crippen LogP contribution in [0.4, 0.5) is 0 Å². The van der Waals surface area contributed by atoms with Crippen LogP contribution in [-0.4, -0.2) is 40.6 Å². The van der Waals surface area contributed by atoms with E-state index in [0.717, 1.165) is 11.3 Å². The van der Waals surface area contributed by atoms with Gasteiger partial charge < -0.3 is 15.2 Å². The molecule has 3 N–H and O–H groups in total. The molecule has 5 nitrogen and oxygen atoms in total. The average molecular weight is 319 g/mol. The zero-order valence-electron chi connectivity index (χ0n) is 12.7. The van der Waals surface area contributed by atoms with Crippen LogP contribution in [0.2, 0.25) is 0 Å². The molecule has 1 unspecified atom stereocenters. The first-order valence-corrected chi connectivity index (χ1v) is 7.66. The highest BCUT2D eigenvalue weighted by Crippen LogP contribution is 2.27. The van der Waals surface area contributed by atoms with E-state index >= 15 is 0 Å². The second-order valence-electron chi connectivity index (χ2n) is 5.33.